The summed E-state index contributed by atoms with van der Waals surface area (Å²) in [6.07, 6.45) is 5.27. The van der Waals surface area contributed by atoms with Gasteiger partial charge in [-0.1, -0.05) is 18.6 Å². The minimum atomic E-state index is -0.455. The lowest BCUT2D eigenvalue weighted by Crippen LogP contribution is -2.35. The Morgan fingerprint density at radius 1 is 1.00 bits per heavy atom. The van der Waals surface area contributed by atoms with Gasteiger partial charge in [-0.2, -0.15) is 0 Å². The van der Waals surface area contributed by atoms with E-state index in [1.54, 1.807) is 6.07 Å². The predicted octanol–water partition coefficient (Wildman–Crippen LogP) is 3.82. The van der Waals surface area contributed by atoms with Crippen LogP contribution in [0.25, 0.3) is 0 Å². The van der Waals surface area contributed by atoms with Gasteiger partial charge in [-0.25, -0.2) is 0 Å². The van der Waals surface area contributed by atoms with E-state index in [0.29, 0.717) is 12.0 Å². The van der Waals surface area contributed by atoms with Gasteiger partial charge in [-0.3, -0.25) is 14.4 Å². The van der Waals surface area contributed by atoms with Crippen molar-refractivity contribution in [2.45, 2.75) is 44.4 Å². The summed E-state index contributed by atoms with van der Waals surface area (Å²) in [7, 11) is 0. The fraction of sp³-hybridized carbons (Fsp3) is 0.375. The number of hydrogen-bond acceptors (Lipinski definition) is 3. The summed E-state index contributed by atoms with van der Waals surface area (Å²) >= 11 is 0. The Hall–Kier alpha value is -3.15. The Morgan fingerprint density at radius 2 is 1.80 bits per heavy atom. The molecule has 0 bridgehead atoms. The van der Waals surface area contributed by atoms with E-state index in [1.807, 2.05) is 47.4 Å². The summed E-state index contributed by atoms with van der Waals surface area (Å²) in [6.45, 7) is 0.749. The van der Waals surface area contributed by atoms with Gasteiger partial charge in [-0.15, -0.1) is 0 Å². The number of anilines is 2. The lowest BCUT2D eigenvalue weighted by Gasteiger charge is -2.27. The van der Waals surface area contributed by atoms with Crippen molar-refractivity contribution in [1.29, 1.82) is 0 Å². The fourth-order valence-electron chi connectivity index (χ4n) is 4.63. The molecule has 2 aliphatic rings. The first-order valence-corrected chi connectivity index (χ1v) is 10.6. The standard InChI is InChI=1S/C24H27N3O3/c25-23(29)17-6-3-5-16(15-17)20-7-4-8-21(20)24(30)26-18-10-12-19(13-11-18)27-14-2-1-9-22(27)28/h3,5-6,10-13,15,20-21H,1-2,4,7-9,14H2,(H2,25,29)(H,26,30)/t20-,21-/m1/s1. The van der Waals surface area contributed by atoms with Crippen LogP contribution in [0.4, 0.5) is 11.4 Å². The number of rotatable bonds is 5. The van der Waals surface area contributed by atoms with Crippen molar-refractivity contribution in [1.82, 2.24) is 0 Å². The number of nitrogens with one attached hydrogen (secondary N) is 1. The molecule has 6 nitrogen and oxygen atoms in total. The van der Waals surface area contributed by atoms with Crippen LogP contribution in [0.2, 0.25) is 0 Å². The molecule has 1 saturated carbocycles. The third kappa shape index (κ3) is 4.22. The van der Waals surface area contributed by atoms with E-state index in [2.05, 4.69) is 5.32 Å². The number of nitrogens with two attached hydrogens (primary N) is 1. The van der Waals surface area contributed by atoms with Crippen LogP contribution < -0.4 is 16.0 Å². The van der Waals surface area contributed by atoms with Gasteiger partial charge in [0.05, 0.1) is 0 Å². The first kappa shape index (κ1) is 20.1. The Balaban J connectivity index is 1.44. The topological polar surface area (TPSA) is 92.5 Å². The normalized spacial score (nSPS) is 21.5. The van der Waals surface area contributed by atoms with E-state index in [9.17, 15) is 14.4 Å². The number of hydrogen-bond donors (Lipinski definition) is 2. The summed E-state index contributed by atoms with van der Waals surface area (Å²) < 4.78 is 0. The third-order valence-corrected chi connectivity index (χ3v) is 6.22. The van der Waals surface area contributed by atoms with Crippen molar-refractivity contribution < 1.29 is 14.4 Å². The van der Waals surface area contributed by atoms with Crippen LogP contribution in [-0.2, 0) is 9.59 Å². The highest BCUT2D eigenvalue weighted by Gasteiger charge is 2.34. The molecule has 2 atom stereocenters. The molecule has 1 saturated heterocycles. The molecule has 6 heteroatoms. The summed E-state index contributed by atoms with van der Waals surface area (Å²) in [5.41, 5.74) is 8.47. The summed E-state index contributed by atoms with van der Waals surface area (Å²) in [4.78, 5) is 38.4. The van der Waals surface area contributed by atoms with Crippen molar-refractivity contribution in [2.75, 3.05) is 16.8 Å². The van der Waals surface area contributed by atoms with Gasteiger partial charge in [-0.05, 0) is 73.6 Å². The number of benzene rings is 2. The van der Waals surface area contributed by atoms with Crippen molar-refractivity contribution in [2.24, 2.45) is 11.7 Å². The van der Waals surface area contributed by atoms with Gasteiger partial charge in [0, 0.05) is 35.8 Å². The zero-order chi connectivity index (χ0) is 21.1. The number of nitrogens with zero attached hydrogens (tertiary/aromatic N) is 1. The smallest absolute Gasteiger partial charge is 0.248 e. The highest BCUT2D eigenvalue weighted by molar-refractivity contribution is 5.96. The first-order valence-electron chi connectivity index (χ1n) is 10.6. The molecule has 1 aliphatic heterocycles. The molecule has 3 amide bonds. The molecule has 1 heterocycles. The van der Waals surface area contributed by atoms with Crippen LogP contribution in [0.5, 0.6) is 0 Å². The van der Waals surface area contributed by atoms with E-state index >= 15 is 0 Å². The zero-order valence-corrected chi connectivity index (χ0v) is 17.0. The molecular weight excluding hydrogens is 378 g/mol. The van der Waals surface area contributed by atoms with Crippen LogP contribution in [-0.4, -0.2) is 24.3 Å². The molecule has 2 aromatic rings. The van der Waals surface area contributed by atoms with Crippen molar-refractivity contribution in [3.63, 3.8) is 0 Å². The first-order chi connectivity index (χ1) is 14.5. The van der Waals surface area contributed by atoms with E-state index in [0.717, 1.165) is 55.6 Å². The number of carbonyl (C=O) groups is 3. The highest BCUT2D eigenvalue weighted by Crippen LogP contribution is 2.40. The molecular formula is C24H27N3O3. The number of amides is 3. The van der Waals surface area contributed by atoms with Gasteiger partial charge in [0.1, 0.15) is 0 Å². The molecule has 1 aliphatic carbocycles. The number of piperidine rings is 1. The average molecular weight is 405 g/mol. The Labute approximate surface area is 176 Å². The van der Waals surface area contributed by atoms with Crippen molar-refractivity contribution in [3.05, 3.63) is 59.7 Å². The van der Waals surface area contributed by atoms with E-state index in [4.69, 9.17) is 5.73 Å². The second-order valence-corrected chi connectivity index (χ2v) is 8.17. The van der Waals surface area contributed by atoms with E-state index < -0.39 is 5.91 Å². The highest BCUT2D eigenvalue weighted by atomic mass is 16.2. The zero-order valence-electron chi connectivity index (χ0n) is 17.0. The van der Waals surface area contributed by atoms with Crippen molar-refractivity contribution >= 4 is 29.1 Å². The molecule has 2 aromatic carbocycles. The minimum Gasteiger partial charge on any atom is -0.366 e. The van der Waals surface area contributed by atoms with E-state index in [1.165, 1.54) is 0 Å². The molecule has 0 radical (unpaired) electrons. The second kappa shape index (κ2) is 8.69. The molecule has 4 rings (SSSR count). The van der Waals surface area contributed by atoms with Gasteiger partial charge < -0.3 is 16.0 Å². The van der Waals surface area contributed by atoms with Crippen LogP contribution in [0.3, 0.4) is 0 Å². The summed E-state index contributed by atoms with van der Waals surface area (Å²) in [6, 6.07) is 14.8. The average Bonchev–Trinajstić information content (AvgIpc) is 3.25. The number of carbonyl (C=O) groups excluding carboxylic acids is 3. The fourth-order valence-corrected chi connectivity index (χ4v) is 4.63. The van der Waals surface area contributed by atoms with Crippen molar-refractivity contribution in [3.8, 4) is 0 Å². The quantitative estimate of drug-likeness (QED) is 0.792. The Morgan fingerprint density at radius 3 is 2.53 bits per heavy atom. The minimum absolute atomic E-state index is 0.0104. The lowest BCUT2D eigenvalue weighted by molar-refractivity contribution is -0.120. The molecule has 2 fully saturated rings. The van der Waals surface area contributed by atoms with Crippen LogP contribution in [0.15, 0.2) is 48.5 Å². The maximum absolute atomic E-state index is 13.0. The number of primary amides is 1. The van der Waals surface area contributed by atoms with E-state index in [-0.39, 0.29) is 23.7 Å². The Bertz CT molecular complexity index is 954. The predicted molar refractivity (Wildman–Crippen MR) is 116 cm³/mol. The molecule has 156 valence electrons. The largest absolute Gasteiger partial charge is 0.366 e. The maximum atomic E-state index is 13.0. The molecule has 0 spiro atoms. The summed E-state index contributed by atoms with van der Waals surface area (Å²) in [5, 5.41) is 3.03. The Kier molecular flexibility index (Phi) is 5.84. The molecule has 0 unspecified atom stereocenters. The maximum Gasteiger partial charge on any atom is 0.248 e. The SMILES string of the molecule is NC(=O)c1cccc([C@H]2CCC[C@H]2C(=O)Nc2ccc(N3CCCCC3=O)cc2)c1. The second-order valence-electron chi connectivity index (χ2n) is 8.17. The molecule has 0 aromatic heterocycles. The van der Waals surface area contributed by atoms with Crippen LogP contribution in [0.1, 0.15) is 60.4 Å². The lowest BCUT2D eigenvalue weighted by atomic mass is 9.87. The van der Waals surface area contributed by atoms with Crippen LogP contribution in [0, 0.1) is 5.92 Å². The third-order valence-electron chi connectivity index (χ3n) is 6.22. The molecule has 3 N–H and O–H groups in total. The van der Waals surface area contributed by atoms with Gasteiger partial charge in [0.25, 0.3) is 0 Å². The monoisotopic (exact) mass is 405 g/mol. The van der Waals surface area contributed by atoms with Gasteiger partial charge >= 0.3 is 0 Å². The van der Waals surface area contributed by atoms with Crippen LogP contribution >= 0.6 is 0 Å². The molecule has 30 heavy (non-hydrogen) atoms. The summed E-state index contributed by atoms with van der Waals surface area (Å²) in [5.74, 6) is -0.372. The van der Waals surface area contributed by atoms with Gasteiger partial charge in [0.2, 0.25) is 17.7 Å². The van der Waals surface area contributed by atoms with Gasteiger partial charge in [0.15, 0.2) is 0 Å².